The molecule has 2 aliphatic rings. The lowest BCUT2D eigenvalue weighted by Crippen LogP contribution is -2.46. The first kappa shape index (κ1) is 18.1. The first-order valence-corrected chi connectivity index (χ1v) is 9.28. The Bertz CT molecular complexity index is 537. The van der Waals surface area contributed by atoms with E-state index in [4.69, 9.17) is 4.74 Å². The number of amides is 1. The molecule has 0 bridgehead atoms. The Morgan fingerprint density at radius 3 is 2.52 bits per heavy atom. The van der Waals surface area contributed by atoms with Crippen LogP contribution in [0.2, 0.25) is 0 Å². The zero-order chi connectivity index (χ0) is 17.5. The first-order valence-electron chi connectivity index (χ1n) is 9.28. The third-order valence-electron chi connectivity index (χ3n) is 4.98. The standard InChI is InChI=1S/C18H29N5O2/c1-2-21-7-9-23(10-8-21)16-3-4-17(20-15-16)18(24)19-5-6-22-11-13-25-14-12-22/h3-4,15H,2,5-14H2,1H3,(H,19,24). The molecule has 138 valence electrons. The number of ether oxygens (including phenoxy) is 1. The minimum Gasteiger partial charge on any atom is -0.379 e. The fraction of sp³-hybridized carbons (Fsp3) is 0.667. The summed E-state index contributed by atoms with van der Waals surface area (Å²) in [6.45, 7) is 12.4. The van der Waals surface area contributed by atoms with Crippen molar-refractivity contribution in [2.45, 2.75) is 6.92 Å². The van der Waals surface area contributed by atoms with E-state index in [1.165, 1.54) is 0 Å². The predicted octanol–water partition coefficient (Wildman–Crippen LogP) is 0.286. The van der Waals surface area contributed by atoms with Crippen LogP contribution in [0.5, 0.6) is 0 Å². The second kappa shape index (κ2) is 9.12. The van der Waals surface area contributed by atoms with E-state index in [1.54, 1.807) is 0 Å². The molecule has 0 aliphatic carbocycles. The second-order valence-electron chi connectivity index (χ2n) is 6.53. The Labute approximate surface area is 149 Å². The number of nitrogens with zero attached hydrogens (tertiary/aromatic N) is 4. The monoisotopic (exact) mass is 347 g/mol. The smallest absolute Gasteiger partial charge is 0.269 e. The van der Waals surface area contributed by atoms with Crippen molar-refractivity contribution in [2.24, 2.45) is 0 Å². The Morgan fingerprint density at radius 1 is 1.12 bits per heavy atom. The number of likely N-dealkylation sites (N-methyl/N-ethyl adjacent to an activating group) is 1. The summed E-state index contributed by atoms with van der Waals surface area (Å²) in [6, 6.07) is 3.83. The zero-order valence-corrected chi connectivity index (χ0v) is 15.1. The molecule has 2 aliphatic heterocycles. The van der Waals surface area contributed by atoms with Gasteiger partial charge in [-0.25, -0.2) is 4.98 Å². The molecule has 2 fully saturated rings. The van der Waals surface area contributed by atoms with Gasteiger partial charge >= 0.3 is 0 Å². The van der Waals surface area contributed by atoms with Crippen LogP contribution >= 0.6 is 0 Å². The Balaban J connectivity index is 1.44. The SMILES string of the molecule is CCN1CCN(c2ccc(C(=O)NCCN3CCOCC3)nc2)CC1. The molecule has 25 heavy (non-hydrogen) atoms. The van der Waals surface area contributed by atoms with E-state index in [0.29, 0.717) is 12.2 Å². The fourth-order valence-electron chi connectivity index (χ4n) is 3.27. The van der Waals surface area contributed by atoms with Gasteiger partial charge in [0.2, 0.25) is 0 Å². The van der Waals surface area contributed by atoms with Gasteiger partial charge < -0.3 is 19.9 Å². The summed E-state index contributed by atoms with van der Waals surface area (Å²) < 4.78 is 5.32. The van der Waals surface area contributed by atoms with Gasteiger partial charge in [0, 0.05) is 52.4 Å². The topological polar surface area (TPSA) is 60.9 Å². The highest BCUT2D eigenvalue weighted by Crippen LogP contribution is 2.15. The van der Waals surface area contributed by atoms with Crippen LogP contribution in [0.3, 0.4) is 0 Å². The van der Waals surface area contributed by atoms with E-state index in [-0.39, 0.29) is 5.91 Å². The summed E-state index contributed by atoms with van der Waals surface area (Å²) in [7, 11) is 0. The number of carbonyl (C=O) groups is 1. The Hall–Kier alpha value is -1.70. The number of anilines is 1. The molecule has 1 amide bonds. The average molecular weight is 347 g/mol. The van der Waals surface area contributed by atoms with Gasteiger partial charge in [-0.05, 0) is 18.7 Å². The van der Waals surface area contributed by atoms with Gasteiger partial charge in [0.25, 0.3) is 5.91 Å². The molecule has 2 saturated heterocycles. The van der Waals surface area contributed by atoms with E-state index in [2.05, 4.69) is 31.9 Å². The Kier molecular flexibility index (Phi) is 6.61. The second-order valence-corrected chi connectivity index (χ2v) is 6.53. The molecule has 0 radical (unpaired) electrons. The third-order valence-corrected chi connectivity index (χ3v) is 4.98. The minimum atomic E-state index is -0.101. The number of rotatable bonds is 6. The van der Waals surface area contributed by atoms with Gasteiger partial charge in [-0.15, -0.1) is 0 Å². The quantitative estimate of drug-likeness (QED) is 0.798. The molecule has 3 rings (SSSR count). The molecule has 0 saturated carbocycles. The van der Waals surface area contributed by atoms with Crippen molar-refractivity contribution in [1.29, 1.82) is 0 Å². The highest BCUT2D eigenvalue weighted by Gasteiger charge is 2.17. The van der Waals surface area contributed by atoms with Gasteiger partial charge in [-0.3, -0.25) is 9.69 Å². The number of hydrogen-bond acceptors (Lipinski definition) is 6. The van der Waals surface area contributed by atoms with Crippen molar-refractivity contribution >= 4 is 11.6 Å². The van der Waals surface area contributed by atoms with Crippen LogP contribution in [0.25, 0.3) is 0 Å². The number of hydrogen-bond donors (Lipinski definition) is 1. The molecule has 0 aromatic carbocycles. The summed E-state index contributed by atoms with van der Waals surface area (Å²) in [5.74, 6) is -0.101. The van der Waals surface area contributed by atoms with Crippen molar-refractivity contribution in [1.82, 2.24) is 20.1 Å². The van der Waals surface area contributed by atoms with Gasteiger partial charge in [0.05, 0.1) is 25.1 Å². The van der Waals surface area contributed by atoms with Crippen molar-refractivity contribution in [3.63, 3.8) is 0 Å². The normalized spacial score (nSPS) is 19.8. The van der Waals surface area contributed by atoms with Gasteiger partial charge in [-0.2, -0.15) is 0 Å². The lowest BCUT2D eigenvalue weighted by molar-refractivity contribution is 0.0383. The fourth-order valence-corrected chi connectivity index (χ4v) is 3.27. The van der Waals surface area contributed by atoms with Crippen molar-refractivity contribution in [2.75, 3.05) is 77.0 Å². The summed E-state index contributed by atoms with van der Waals surface area (Å²) in [5, 5.41) is 2.95. The molecular weight excluding hydrogens is 318 g/mol. The van der Waals surface area contributed by atoms with Crippen LogP contribution in [0.1, 0.15) is 17.4 Å². The van der Waals surface area contributed by atoms with E-state index in [9.17, 15) is 4.79 Å². The number of pyridine rings is 1. The van der Waals surface area contributed by atoms with E-state index < -0.39 is 0 Å². The number of carbonyl (C=O) groups excluding carboxylic acids is 1. The molecule has 0 atom stereocenters. The molecule has 7 heteroatoms. The summed E-state index contributed by atoms with van der Waals surface area (Å²) in [4.78, 5) is 23.7. The molecular formula is C18H29N5O2. The molecule has 0 spiro atoms. The minimum absolute atomic E-state index is 0.101. The third kappa shape index (κ3) is 5.14. The zero-order valence-electron chi connectivity index (χ0n) is 15.1. The van der Waals surface area contributed by atoms with Crippen molar-refractivity contribution < 1.29 is 9.53 Å². The number of morpholine rings is 1. The van der Waals surface area contributed by atoms with Crippen LogP contribution < -0.4 is 10.2 Å². The highest BCUT2D eigenvalue weighted by molar-refractivity contribution is 5.92. The Morgan fingerprint density at radius 2 is 1.88 bits per heavy atom. The summed E-state index contributed by atoms with van der Waals surface area (Å²) >= 11 is 0. The molecule has 1 aromatic rings. The van der Waals surface area contributed by atoms with Crippen LogP contribution in [0, 0.1) is 0 Å². The molecule has 3 heterocycles. The maximum Gasteiger partial charge on any atom is 0.269 e. The average Bonchev–Trinajstić information content (AvgIpc) is 2.69. The van der Waals surface area contributed by atoms with Crippen LogP contribution in [0.4, 0.5) is 5.69 Å². The molecule has 1 N–H and O–H groups in total. The highest BCUT2D eigenvalue weighted by atomic mass is 16.5. The van der Waals surface area contributed by atoms with Gasteiger partial charge in [0.1, 0.15) is 5.69 Å². The molecule has 0 unspecified atom stereocenters. The largest absolute Gasteiger partial charge is 0.379 e. The van der Waals surface area contributed by atoms with Gasteiger partial charge in [-0.1, -0.05) is 6.92 Å². The van der Waals surface area contributed by atoms with E-state index in [0.717, 1.165) is 71.3 Å². The number of aromatic nitrogens is 1. The van der Waals surface area contributed by atoms with E-state index in [1.807, 2.05) is 18.3 Å². The molecule has 1 aromatic heterocycles. The molecule has 7 nitrogen and oxygen atoms in total. The van der Waals surface area contributed by atoms with Crippen LogP contribution in [-0.2, 0) is 4.74 Å². The lowest BCUT2D eigenvalue weighted by Gasteiger charge is -2.35. The van der Waals surface area contributed by atoms with Crippen molar-refractivity contribution in [3.8, 4) is 0 Å². The predicted molar refractivity (Wildman–Crippen MR) is 98.2 cm³/mol. The maximum atomic E-state index is 12.2. The number of nitrogens with one attached hydrogen (secondary N) is 1. The first-order chi connectivity index (χ1) is 12.3. The summed E-state index contributed by atoms with van der Waals surface area (Å²) in [6.07, 6.45) is 1.82. The van der Waals surface area contributed by atoms with Crippen LogP contribution in [-0.4, -0.2) is 92.8 Å². The van der Waals surface area contributed by atoms with Gasteiger partial charge in [0.15, 0.2) is 0 Å². The van der Waals surface area contributed by atoms with E-state index >= 15 is 0 Å². The summed E-state index contributed by atoms with van der Waals surface area (Å²) in [5.41, 5.74) is 1.58. The van der Waals surface area contributed by atoms with Crippen LogP contribution in [0.15, 0.2) is 18.3 Å². The maximum absolute atomic E-state index is 12.2. The lowest BCUT2D eigenvalue weighted by atomic mass is 10.2. The number of piperazine rings is 1. The van der Waals surface area contributed by atoms with Crippen molar-refractivity contribution in [3.05, 3.63) is 24.0 Å².